The Balaban J connectivity index is 1.30. The van der Waals surface area contributed by atoms with Crippen molar-refractivity contribution in [2.24, 2.45) is 0 Å². The molecule has 4 aliphatic rings. The Hall–Kier alpha value is -4.46. The molecule has 1 amide bonds. The molecular formula is C34H38N2O15. The molecule has 1 fully saturated rings. The number of benzene rings is 2. The lowest BCUT2D eigenvalue weighted by molar-refractivity contribution is -0.254. The maximum absolute atomic E-state index is 13.8. The smallest absolute Gasteiger partial charge is 0.237 e. The molecule has 2 aliphatic heterocycles. The summed E-state index contributed by atoms with van der Waals surface area (Å²) in [6.45, 7) is -1.78. The van der Waals surface area contributed by atoms with E-state index in [1.54, 1.807) is 0 Å². The fourth-order valence-corrected chi connectivity index (χ4v) is 7.08. The van der Waals surface area contributed by atoms with Crippen molar-refractivity contribution in [1.29, 1.82) is 0 Å². The van der Waals surface area contributed by atoms with E-state index in [0.29, 0.717) is 6.42 Å². The van der Waals surface area contributed by atoms with Crippen LogP contribution in [0.1, 0.15) is 80.3 Å². The predicted octanol–water partition coefficient (Wildman–Crippen LogP) is -0.347. The van der Waals surface area contributed by atoms with E-state index in [1.807, 2.05) is 0 Å². The van der Waals surface area contributed by atoms with Crippen LogP contribution in [0.2, 0.25) is 0 Å². The second-order valence-electron chi connectivity index (χ2n) is 12.8. The Labute approximate surface area is 290 Å². The first kappa shape index (κ1) is 36.3. The Morgan fingerprint density at radius 3 is 2.49 bits per heavy atom. The number of carbonyl (C=O) groups excluding carboxylic acids is 4. The number of amides is 1. The number of Topliss-reactive ketones (excluding diaryl/α,β-unsaturated/α-hetero) is 1. The highest BCUT2D eigenvalue weighted by molar-refractivity contribution is 6.31. The molecule has 274 valence electrons. The largest absolute Gasteiger partial charge is 0.507 e. The molecule has 2 aliphatic carbocycles. The Kier molecular flexibility index (Phi) is 10.2. The van der Waals surface area contributed by atoms with Crippen LogP contribution in [0.3, 0.4) is 0 Å². The van der Waals surface area contributed by atoms with Gasteiger partial charge in [-0.25, -0.2) is 0 Å². The number of phenolic OH excluding ortho intramolecular Hbond substituents is 2. The van der Waals surface area contributed by atoms with E-state index in [4.69, 9.17) is 19.0 Å². The number of aliphatic hydroxyl groups is 5. The molecule has 1 saturated heterocycles. The van der Waals surface area contributed by atoms with Gasteiger partial charge in [-0.05, 0) is 12.0 Å². The van der Waals surface area contributed by atoms with Crippen LogP contribution in [-0.4, -0.2) is 121 Å². The molecule has 0 aromatic heterocycles. The van der Waals surface area contributed by atoms with Gasteiger partial charge in [-0.1, -0.05) is 18.2 Å². The minimum absolute atomic E-state index is 0.108. The van der Waals surface area contributed by atoms with Crippen molar-refractivity contribution in [2.75, 3.05) is 26.9 Å². The number of ketones is 3. The molecule has 2 unspecified atom stereocenters. The van der Waals surface area contributed by atoms with Gasteiger partial charge in [0, 0.05) is 47.9 Å². The second-order valence-corrected chi connectivity index (χ2v) is 12.8. The van der Waals surface area contributed by atoms with E-state index in [-0.39, 0.29) is 59.6 Å². The van der Waals surface area contributed by atoms with Crippen molar-refractivity contribution in [2.45, 2.75) is 75.1 Å². The van der Waals surface area contributed by atoms with Crippen LogP contribution < -0.4 is 5.32 Å². The SMILES string of the molecule is CON(CC(=O)NC1C[C@H](O[C@H]2C[C@](O)(C(=O)CO)Cc3c(O)c4c(c(O)c32)C(=O)c2c(CO)cccc2C4=O)OC=C1O)[C@H]1CC(O)CCO1. The Morgan fingerprint density at radius 2 is 1.80 bits per heavy atom. The minimum atomic E-state index is -2.37. The molecule has 17 nitrogen and oxygen atoms in total. The van der Waals surface area contributed by atoms with Crippen molar-refractivity contribution in [1.82, 2.24) is 10.4 Å². The molecular weight excluding hydrogens is 676 g/mol. The molecule has 0 bridgehead atoms. The number of hydrogen-bond donors (Lipinski definition) is 8. The number of rotatable bonds is 10. The van der Waals surface area contributed by atoms with Crippen molar-refractivity contribution >= 4 is 23.3 Å². The van der Waals surface area contributed by atoms with E-state index in [1.165, 1.54) is 30.4 Å². The van der Waals surface area contributed by atoms with Gasteiger partial charge in [0.25, 0.3) is 0 Å². The third-order valence-corrected chi connectivity index (χ3v) is 9.68. The van der Waals surface area contributed by atoms with Crippen molar-refractivity contribution in [3.8, 4) is 11.5 Å². The maximum Gasteiger partial charge on any atom is 0.237 e. The highest BCUT2D eigenvalue weighted by atomic mass is 16.7. The molecule has 2 heterocycles. The number of carbonyl (C=O) groups is 4. The first-order valence-electron chi connectivity index (χ1n) is 16.2. The summed E-state index contributed by atoms with van der Waals surface area (Å²) in [5.41, 5.74) is -4.22. The molecule has 6 atom stereocenters. The predicted molar refractivity (Wildman–Crippen MR) is 169 cm³/mol. The minimum Gasteiger partial charge on any atom is -0.507 e. The van der Waals surface area contributed by atoms with Crippen molar-refractivity contribution < 1.29 is 74.0 Å². The lowest BCUT2D eigenvalue weighted by atomic mass is 9.71. The fourth-order valence-electron chi connectivity index (χ4n) is 7.08. The van der Waals surface area contributed by atoms with E-state index >= 15 is 0 Å². The van der Waals surface area contributed by atoms with Gasteiger partial charge in [0.1, 0.15) is 48.5 Å². The van der Waals surface area contributed by atoms with Gasteiger partial charge in [-0.2, -0.15) is 5.06 Å². The molecule has 0 spiro atoms. The Bertz CT molecular complexity index is 1790. The van der Waals surface area contributed by atoms with Gasteiger partial charge in [-0.15, -0.1) is 0 Å². The van der Waals surface area contributed by atoms with E-state index in [2.05, 4.69) is 5.32 Å². The van der Waals surface area contributed by atoms with Gasteiger partial charge in [0.15, 0.2) is 17.3 Å². The number of hydrogen-bond acceptors (Lipinski definition) is 16. The number of fused-ring (bicyclic) bond motifs is 3. The van der Waals surface area contributed by atoms with E-state index in [9.17, 15) is 54.9 Å². The molecule has 2 aromatic carbocycles. The lowest BCUT2D eigenvalue weighted by Crippen LogP contribution is -2.50. The maximum atomic E-state index is 13.8. The monoisotopic (exact) mass is 714 g/mol. The number of aliphatic hydroxyl groups excluding tert-OH is 4. The van der Waals surface area contributed by atoms with Crippen LogP contribution in [0.4, 0.5) is 0 Å². The normalized spacial score (nSPS) is 27.2. The molecule has 6 rings (SSSR count). The highest BCUT2D eigenvalue weighted by Crippen LogP contribution is 2.52. The van der Waals surface area contributed by atoms with Crippen LogP contribution in [0.25, 0.3) is 0 Å². The summed E-state index contributed by atoms with van der Waals surface area (Å²) in [6, 6.07) is 3.10. The summed E-state index contributed by atoms with van der Waals surface area (Å²) in [5.74, 6) is -5.33. The topological polar surface area (TPSA) is 262 Å². The highest BCUT2D eigenvalue weighted by Gasteiger charge is 2.50. The van der Waals surface area contributed by atoms with Crippen LogP contribution in [0.15, 0.2) is 30.2 Å². The van der Waals surface area contributed by atoms with Gasteiger partial charge in [-0.3, -0.25) is 24.0 Å². The van der Waals surface area contributed by atoms with Crippen LogP contribution >= 0.6 is 0 Å². The average Bonchev–Trinajstić information content (AvgIpc) is 3.11. The van der Waals surface area contributed by atoms with Crippen molar-refractivity contribution in [3.05, 3.63) is 69.2 Å². The Morgan fingerprint density at radius 1 is 1.06 bits per heavy atom. The number of aromatic hydroxyl groups is 2. The summed E-state index contributed by atoms with van der Waals surface area (Å²) in [6.07, 6.45) is -4.16. The number of nitrogens with one attached hydrogen (secondary N) is 1. The average molecular weight is 715 g/mol. The first-order valence-corrected chi connectivity index (χ1v) is 16.2. The summed E-state index contributed by atoms with van der Waals surface area (Å²) >= 11 is 0. The third-order valence-electron chi connectivity index (χ3n) is 9.68. The fraction of sp³-hybridized carbons (Fsp3) is 0.471. The second kappa shape index (κ2) is 14.3. The number of phenols is 2. The summed E-state index contributed by atoms with van der Waals surface area (Å²) in [7, 11) is 1.33. The van der Waals surface area contributed by atoms with Crippen LogP contribution in [0.5, 0.6) is 11.5 Å². The molecule has 2 aromatic rings. The zero-order chi connectivity index (χ0) is 36.8. The quantitative estimate of drug-likeness (QED) is 0.0986. The molecule has 17 heteroatoms. The van der Waals surface area contributed by atoms with Crippen LogP contribution in [0, 0.1) is 0 Å². The molecule has 0 saturated carbocycles. The number of ether oxygens (including phenoxy) is 3. The standard InChI is InChI=1S/C34H38N2O15/c1-48-36(24-7-16(39)5-6-49-24)11-23(42)35-19-8-25(50-14-20(19)40)51-21-10-34(47,22(41)13-38)9-18-27(21)33(46)29-28(31(18)44)30(43)17-4-2-3-15(12-37)26(17)32(29)45/h2-4,14,16,19,21,24-25,37-40,44,46-47H,5-13H2,1H3,(H,35,42)/t16?,19?,21-,24+,25-,34-/m0/s1. The summed E-state index contributed by atoms with van der Waals surface area (Å²) in [5, 5.41) is 78.5. The number of hydroxylamine groups is 2. The van der Waals surface area contributed by atoms with E-state index < -0.39 is 108 Å². The molecule has 8 N–H and O–H groups in total. The first-order chi connectivity index (χ1) is 24.3. The third kappa shape index (κ3) is 6.58. The summed E-state index contributed by atoms with van der Waals surface area (Å²) < 4.78 is 17.2. The summed E-state index contributed by atoms with van der Waals surface area (Å²) in [4.78, 5) is 58.6. The zero-order valence-electron chi connectivity index (χ0n) is 27.4. The van der Waals surface area contributed by atoms with Gasteiger partial charge >= 0.3 is 0 Å². The molecule has 51 heavy (non-hydrogen) atoms. The number of nitrogens with zero attached hydrogens (tertiary/aromatic N) is 1. The zero-order valence-corrected chi connectivity index (χ0v) is 27.4. The van der Waals surface area contributed by atoms with Gasteiger partial charge in [0.05, 0.1) is 49.7 Å². The van der Waals surface area contributed by atoms with Gasteiger partial charge < -0.3 is 55.3 Å². The molecule has 0 radical (unpaired) electrons. The van der Waals surface area contributed by atoms with Crippen molar-refractivity contribution in [3.63, 3.8) is 0 Å². The van der Waals surface area contributed by atoms with E-state index in [0.717, 1.165) is 6.26 Å². The lowest BCUT2D eigenvalue weighted by Gasteiger charge is -2.40. The van der Waals surface area contributed by atoms with Crippen LogP contribution in [-0.2, 0) is 41.7 Å². The van der Waals surface area contributed by atoms with Gasteiger partial charge in [0.2, 0.25) is 12.2 Å².